The molecule has 110 valence electrons. The van der Waals surface area contributed by atoms with E-state index >= 15 is 0 Å². The van der Waals surface area contributed by atoms with Crippen LogP contribution in [0.3, 0.4) is 0 Å². The highest BCUT2D eigenvalue weighted by molar-refractivity contribution is 6.30. The predicted octanol–water partition coefficient (Wildman–Crippen LogP) is 3.69. The van der Waals surface area contributed by atoms with Gasteiger partial charge in [-0.25, -0.2) is 0 Å². The average molecular weight is 295 g/mol. The smallest absolute Gasteiger partial charge is 0.238 e. The van der Waals surface area contributed by atoms with E-state index in [1.54, 1.807) is 12.1 Å². The standard InChI is InChI=1S/C16H23ClN2O/c1-3-12-7-8-15(11(12)2)18-10-16(20)19-14-6-4-5-13(17)9-14/h4-6,9,11-12,15,18H,3,7-8,10H2,1-2H3,(H,19,20). The van der Waals surface area contributed by atoms with Gasteiger partial charge >= 0.3 is 0 Å². The summed E-state index contributed by atoms with van der Waals surface area (Å²) in [6.45, 7) is 4.89. The number of hydrogen-bond donors (Lipinski definition) is 2. The maximum atomic E-state index is 11.9. The molecule has 0 spiro atoms. The van der Waals surface area contributed by atoms with E-state index < -0.39 is 0 Å². The molecule has 0 saturated heterocycles. The Labute approximate surface area is 126 Å². The third-order valence-electron chi connectivity index (χ3n) is 4.38. The van der Waals surface area contributed by atoms with Crippen molar-refractivity contribution in [2.45, 2.75) is 39.2 Å². The molecule has 3 unspecified atom stereocenters. The number of carbonyl (C=O) groups is 1. The summed E-state index contributed by atoms with van der Waals surface area (Å²) in [6.07, 6.45) is 3.67. The van der Waals surface area contributed by atoms with Crippen molar-refractivity contribution in [3.05, 3.63) is 29.3 Å². The first-order valence-electron chi connectivity index (χ1n) is 7.39. The van der Waals surface area contributed by atoms with E-state index in [0.29, 0.717) is 23.5 Å². The van der Waals surface area contributed by atoms with Gasteiger partial charge in [0, 0.05) is 16.8 Å². The molecule has 1 saturated carbocycles. The molecule has 0 heterocycles. The summed E-state index contributed by atoms with van der Waals surface area (Å²) in [5.41, 5.74) is 0.746. The lowest BCUT2D eigenvalue weighted by Gasteiger charge is -2.20. The maximum absolute atomic E-state index is 11.9. The van der Waals surface area contributed by atoms with Crippen molar-refractivity contribution in [2.75, 3.05) is 11.9 Å². The Morgan fingerprint density at radius 1 is 1.40 bits per heavy atom. The van der Waals surface area contributed by atoms with Gasteiger partial charge in [-0.1, -0.05) is 37.9 Å². The highest BCUT2D eigenvalue weighted by atomic mass is 35.5. The zero-order chi connectivity index (χ0) is 14.5. The number of nitrogens with one attached hydrogen (secondary N) is 2. The number of benzene rings is 1. The lowest BCUT2D eigenvalue weighted by atomic mass is 9.93. The second kappa shape index (κ2) is 7.09. The molecule has 0 aromatic heterocycles. The SMILES string of the molecule is CCC1CCC(NCC(=O)Nc2cccc(Cl)c2)C1C. The van der Waals surface area contributed by atoms with E-state index in [1.165, 1.54) is 19.3 Å². The van der Waals surface area contributed by atoms with Crippen LogP contribution in [0.2, 0.25) is 5.02 Å². The quantitative estimate of drug-likeness (QED) is 0.869. The first-order chi connectivity index (χ1) is 9.60. The number of halogens is 1. The van der Waals surface area contributed by atoms with E-state index in [2.05, 4.69) is 24.5 Å². The van der Waals surface area contributed by atoms with Gasteiger partial charge in [-0.2, -0.15) is 0 Å². The molecule has 1 aliphatic carbocycles. The van der Waals surface area contributed by atoms with Gasteiger partial charge in [0.05, 0.1) is 6.54 Å². The highest BCUT2D eigenvalue weighted by Crippen LogP contribution is 2.33. The minimum Gasteiger partial charge on any atom is -0.325 e. The number of hydrogen-bond acceptors (Lipinski definition) is 2. The van der Waals surface area contributed by atoms with Crippen molar-refractivity contribution in [1.29, 1.82) is 0 Å². The number of anilines is 1. The van der Waals surface area contributed by atoms with Crippen LogP contribution in [0.1, 0.15) is 33.1 Å². The van der Waals surface area contributed by atoms with Crippen molar-refractivity contribution in [3.8, 4) is 0 Å². The van der Waals surface area contributed by atoms with Crippen molar-refractivity contribution < 1.29 is 4.79 Å². The second-order valence-electron chi connectivity index (χ2n) is 5.65. The number of amides is 1. The summed E-state index contributed by atoms with van der Waals surface area (Å²) in [5.74, 6) is 1.43. The molecular formula is C16H23ClN2O. The Kier molecular flexibility index (Phi) is 5.44. The fraction of sp³-hybridized carbons (Fsp3) is 0.562. The van der Waals surface area contributed by atoms with Gasteiger partial charge in [-0.05, 0) is 42.9 Å². The summed E-state index contributed by atoms with van der Waals surface area (Å²) in [7, 11) is 0. The molecule has 1 amide bonds. The summed E-state index contributed by atoms with van der Waals surface area (Å²) in [4.78, 5) is 11.9. The van der Waals surface area contributed by atoms with E-state index in [-0.39, 0.29) is 5.91 Å². The molecule has 0 radical (unpaired) electrons. The van der Waals surface area contributed by atoms with Crippen molar-refractivity contribution >= 4 is 23.2 Å². The third kappa shape index (κ3) is 3.97. The van der Waals surface area contributed by atoms with Gasteiger partial charge in [-0.3, -0.25) is 4.79 Å². The van der Waals surface area contributed by atoms with Crippen LogP contribution in [0, 0.1) is 11.8 Å². The Hall–Kier alpha value is -1.06. The Morgan fingerprint density at radius 3 is 2.85 bits per heavy atom. The molecule has 0 aliphatic heterocycles. The van der Waals surface area contributed by atoms with E-state index in [1.807, 2.05) is 12.1 Å². The number of carbonyl (C=O) groups excluding carboxylic acids is 1. The van der Waals surface area contributed by atoms with Gasteiger partial charge in [0.15, 0.2) is 0 Å². The molecule has 3 atom stereocenters. The maximum Gasteiger partial charge on any atom is 0.238 e. The molecule has 20 heavy (non-hydrogen) atoms. The Bertz CT molecular complexity index is 464. The Balaban J connectivity index is 1.78. The zero-order valence-electron chi connectivity index (χ0n) is 12.2. The summed E-state index contributed by atoms with van der Waals surface area (Å²) >= 11 is 5.89. The molecule has 1 aromatic rings. The molecule has 1 aliphatic rings. The fourth-order valence-electron chi connectivity index (χ4n) is 3.11. The minimum atomic E-state index is -0.0144. The van der Waals surface area contributed by atoms with Crippen LogP contribution in [0.4, 0.5) is 5.69 Å². The third-order valence-corrected chi connectivity index (χ3v) is 4.62. The molecule has 3 nitrogen and oxygen atoms in total. The molecule has 1 aromatic carbocycles. The van der Waals surface area contributed by atoms with E-state index in [9.17, 15) is 4.79 Å². The second-order valence-corrected chi connectivity index (χ2v) is 6.09. The van der Waals surface area contributed by atoms with Gasteiger partial charge in [0.2, 0.25) is 5.91 Å². The average Bonchev–Trinajstić information content (AvgIpc) is 2.77. The number of rotatable bonds is 5. The minimum absolute atomic E-state index is 0.0144. The van der Waals surface area contributed by atoms with Gasteiger partial charge < -0.3 is 10.6 Å². The van der Waals surface area contributed by atoms with Crippen molar-refractivity contribution in [3.63, 3.8) is 0 Å². The normalized spacial score (nSPS) is 25.6. The lowest BCUT2D eigenvalue weighted by Crippen LogP contribution is -2.38. The van der Waals surface area contributed by atoms with Crippen LogP contribution in [-0.2, 0) is 4.79 Å². The fourth-order valence-corrected chi connectivity index (χ4v) is 3.30. The van der Waals surface area contributed by atoms with Gasteiger partial charge in [0.25, 0.3) is 0 Å². The summed E-state index contributed by atoms with van der Waals surface area (Å²) in [6, 6.07) is 7.68. The van der Waals surface area contributed by atoms with Crippen LogP contribution in [0.25, 0.3) is 0 Å². The molecule has 4 heteroatoms. The van der Waals surface area contributed by atoms with Crippen LogP contribution >= 0.6 is 11.6 Å². The highest BCUT2D eigenvalue weighted by Gasteiger charge is 2.31. The largest absolute Gasteiger partial charge is 0.325 e. The van der Waals surface area contributed by atoms with E-state index in [0.717, 1.165) is 11.6 Å². The van der Waals surface area contributed by atoms with Gasteiger partial charge in [-0.15, -0.1) is 0 Å². The lowest BCUT2D eigenvalue weighted by molar-refractivity contribution is -0.115. The molecule has 2 N–H and O–H groups in total. The van der Waals surface area contributed by atoms with E-state index in [4.69, 9.17) is 11.6 Å². The van der Waals surface area contributed by atoms with Crippen LogP contribution in [0.15, 0.2) is 24.3 Å². The van der Waals surface area contributed by atoms with Crippen LogP contribution in [0.5, 0.6) is 0 Å². The molecular weight excluding hydrogens is 272 g/mol. The molecule has 0 bridgehead atoms. The summed E-state index contributed by atoms with van der Waals surface area (Å²) in [5, 5.41) is 6.88. The van der Waals surface area contributed by atoms with Crippen LogP contribution in [-0.4, -0.2) is 18.5 Å². The van der Waals surface area contributed by atoms with Crippen LogP contribution < -0.4 is 10.6 Å². The first-order valence-corrected chi connectivity index (χ1v) is 7.76. The topological polar surface area (TPSA) is 41.1 Å². The van der Waals surface area contributed by atoms with Gasteiger partial charge in [0.1, 0.15) is 0 Å². The zero-order valence-corrected chi connectivity index (χ0v) is 12.9. The monoisotopic (exact) mass is 294 g/mol. The first kappa shape index (κ1) is 15.3. The molecule has 1 fully saturated rings. The summed E-state index contributed by atoms with van der Waals surface area (Å²) < 4.78 is 0. The van der Waals surface area contributed by atoms with Crippen molar-refractivity contribution in [2.24, 2.45) is 11.8 Å². The Morgan fingerprint density at radius 2 is 2.20 bits per heavy atom. The predicted molar refractivity (Wildman–Crippen MR) is 84.1 cm³/mol. The van der Waals surface area contributed by atoms with Crippen molar-refractivity contribution in [1.82, 2.24) is 5.32 Å². The molecule has 2 rings (SSSR count).